The third kappa shape index (κ3) is 3.78. The van der Waals surface area contributed by atoms with Gasteiger partial charge in [-0.2, -0.15) is 0 Å². The Balaban J connectivity index is 1.96. The first-order valence-corrected chi connectivity index (χ1v) is 7.84. The third-order valence-electron chi connectivity index (χ3n) is 3.50. The molecule has 0 spiro atoms. The Labute approximate surface area is 116 Å². The Morgan fingerprint density at radius 1 is 1.59 bits per heavy atom. The zero-order valence-electron chi connectivity index (χ0n) is 10.5. The average Bonchev–Trinajstić information content (AvgIpc) is 3.09. The SMILES string of the molecule is COCCN(Cc1sccc1Br)C(C)C1CC1. The maximum atomic E-state index is 5.22. The molecular weight excluding hydrogens is 298 g/mol. The highest BCUT2D eigenvalue weighted by Gasteiger charge is 2.32. The second kappa shape index (κ2) is 6.32. The van der Waals surface area contributed by atoms with Gasteiger partial charge < -0.3 is 4.74 Å². The van der Waals surface area contributed by atoms with E-state index in [1.165, 1.54) is 22.2 Å². The van der Waals surface area contributed by atoms with E-state index in [2.05, 4.69) is 39.2 Å². The van der Waals surface area contributed by atoms with Gasteiger partial charge >= 0.3 is 0 Å². The van der Waals surface area contributed by atoms with Crippen molar-refractivity contribution in [3.8, 4) is 0 Å². The van der Waals surface area contributed by atoms with Gasteiger partial charge in [-0.1, -0.05) is 0 Å². The lowest BCUT2D eigenvalue weighted by molar-refractivity contribution is 0.112. The van der Waals surface area contributed by atoms with Crippen LogP contribution in [0.15, 0.2) is 15.9 Å². The van der Waals surface area contributed by atoms with Gasteiger partial charge in [-0.05, 0) is 53.1 Å². The van der Waals surface area contributed by atoms with Crippen LogP contribution in [0.25, 0.3) is 0 Å². The van der Waals surface area contributed by atoms with Crippen LogP contribution in [-0.2, 0) is 11.3 Å². The zero-order chi connectivity index (χ0) is 12.3. The number of rotatable bonds is 7. The molecule has 2 rings (SSSR count). The van der Waals surface area contributed by atoms with Crippen molar-refractivity contribution >= 4 is 27.3 Å². The molecule has 1 atom stereocenters. The molecule has 0 saturated heterocycles. The van der Waals surface area contributed by atoms with Gasteiger partial charge in [-0.25, -0.2) is 0 Å². The maximum Gasteiger partial charge on any atom is 0.0589 e. The van der Waals surface area contributed by atoms with Crippen molar-refractivity contribution in [1.82, 2.24) is 4.90 Å². The van der Waals surface area contributed by atoms with E-state index >= 15 is 0 Å². The summed E-state index contributed by atoms with van der Waals surface area (Å²) in [7, 11) is 1.78. The molecule has 0 aliphatic heterocycles. The fourth-order valence-electron chi connectivity index (χ4n) is 2.13. The lowest BCUT2D eigenvalue weighted by Crippen LogP contribution is -2.36. The van der Waals surface area contributed by atoms with Crippen molar-refractivity contribution in [2.24, 2.45) is 5.92 Å². The maximum absolute atomic E-state index is 5.22. The first kappa shape index (κ1) is 13.5. The van der Waals surface area contributed by atoms with Crippen molar-refractivity contribution in [2.45, 2.75) is 32.4 Å². The fraction of sp³-hybridized carbons (Fsp3) is 0.692. The largest absolute Gasteiger partial charge is 0.383 e. The number of ether oxygens (including phenoxy) is 1. The molecular formula is C13H20BrNOS. The molecule has 0 aromatic carbocycles. The second-order valence-electron chi connectivity index (χ2n) is 4.73. The minimum Gasteiger partial charge on any atom is -0.383 e. The summed E-state index contributed by atoms with van der Waals surface area (Å²) in [6.45, 7) is 5.24. The van der Waals surface area contributed by atoms with Gasteiger partial charge in [0.05, 0.1) is 6.61 Å². The van der Waals surface area contributed by atoms with Crippen molar-refractivity contribution in [3.63, 3.8) is 0 Å². The highest BCUT2D eigenvalue weighted by atomic mass is 79.9. The number of methoxy groups -OCH3 is 1. The standard InChI is InChI=1S/C13H20BrNOS/c1-10(11-3-4-11)15(6-7-16-2)9-13-12(14)5-8-17-13/h5,8,10-11H,3-4,6-7,9H2,1-2H3. The molecule has 1 heterocycles. The molecule has 0 radical (unpaired) electrons. The number of halogens is 1. The molecule has 1 saturated carbocycles. The van der Waals surface area contributed by atoms with E-state index in [1.807, 2.05) is 11.3 Å². The molecule has 1 fully saturated rings. The Hall–Kier alpha value is 0.100. The molecule has 0 amide bonds. The summed E-state index contributed by atoms with van der Waals surface area (Å²) < 4.78 is 6.47. The van der Waals surface area contributed by atoms with E-state index in [1.54, 1.807) is 7.11 Å². The van der Waals surface area contributed by atoms with Crippen LogP contribution in [0.1, 0.15) is 24.6 Å². The molecule has 1 aromatic heterocycles. The van der Waals surface area contributed by atoms with Crippen molar-refractivity contribution in [1.29, 1.82) is 0 Å². The third-order valence-corrected chi connectivity index (χ3v) is 5.41. The van der Waals surface area contributed by atoms with Crippen molar-refractivity contribution in [2.75, 3.05) is 20.3 Å². The Bertz CT molecular complexity index is 351. The monoisotopic (exact) mass is 317 g/mol. The summed E-state index contributed by atoms with van der Waals surface area (Å²) in [5.41, 5.74) is 0. The first-order valence-electron chi connectivity index (χ1n) is 6.17. The molecule has 2 nitrogen and oxygen atoms in total. The first-order chi connectivity index (χ1) is 8.22. The summed E-state index contributed by atoms with van der Waals surface area (Å²) in [5.74, 6) is 0.908. The Morgan fingerprint density at radius 3 is 2.88 bits per heavy atom. The van der Waals surface area contributed by atoms with Gasteiger partial charge in [0.2, 0.25) is 0 Å². The summed E-state index contributed by atoms with van der Waals surface area (Å²) in [6, 6.07) is 2.81. The molecule has 1 aliphatic rings. The van der Waals surface area contributed by atoms with Crippen molar-refractivity contribution < 1.29 is 4.74 Å². The van der Waals surface area contributed by atoms with Crippen LogP contribution >= 0.6 is 27.3 Å². The van der Waals surface area contributed by atoms with E-state index < -0.39 is 0 Å². The summed E-state index contributed by atoms with van der Waals surface area (Å²) in [5, 5.41) is 2.15. The van der Waals surface area contributed by atoms with Gasteiger partial charge in [0.15, 0.2) is 0 Å². The minimum atomic E-state index is 0.680. The van der Waals surface area contributed by atoms with Crippen LogP contribution in [-0.4, -0.2) is 31.2 Å². The van der Waals surface area contributed by atoms with Crippen molar-refractivity contribution in [3.05, 3.63) is 20.8 Å². The summed E-state index contributed by atoms with van der Waals surface area (Å²) >= 11 is 5.45. The molecule has 0 N–H and O–H groups in total. The normalized spacial score (nSPS) is 17.6. The number of hydrogen-bond donors (Lipinski definition) is 0. The van der Waals surface area contributed by atoms with Crippen LogP contribution < -0.4 is 0 Å². The molecule has 1 aromatic rings. The van der Waals surface area contributed by atoms with E-state index in [-0.39, 0.29) is 0 Å². The predicted octanol–water partition coefficient (Wildman–Crippen LogP) is 3.76. The van der Waals surface area contributed by atoms with Crippen LogP contribution in [0.3, 0.4) is 0 Å². The molecule has 4 heteroatoms. The lowest BCUT2D eigenvalue weighted by Gasteiger charge is -2.28. The highest BCUT2D eigenvalue weighted by molar-refractivity contribution is 9.10. The average molecular weight is 318 g/mol. The Morgan fingerprint density at radius 2 is 2.35 bits per heavy atom. The van der Waals surface area contributed by atoms with Gasteiger partial charge in [0.1, 0.15) is 0 Å². The predicted molar refractivity (Wildman–Crippen MR) is 76.5 cm³/mol. The number of nitrogens with zero attached hydrogens (tertiary/aromatic N) is 1. The highest BCUT2D eigenvalue weighted by Crippen LogP contribution is 2.36. The second-order valence-corrected chi connectivity index (χ2v) is 6.59. The van der Waals surface area contributed by atoms with Gasteiger partial charge in [-0.3, -0.25) is 4.90 Å². The number of hydrogen-bond acceptors (Lipinski definition) is 3. The molecule has 96 valence electrons. The minimum absolute atomic E-state index is 0.680. The zero-order valence-corrected chi connectivity index (χ0v) is 12.9. The van der Waals surface area contributed by atoms with E-state index in [9.17, 15) is 0 Å². The summed E-state index contributed by atoms with van der Waals surface area (Å²) in [6.07, 6.45) is 2.80. The van der Waals surface area contributed by atoms with Crippen LogP contribution in [0.5, 0.6) is 0 Å². The van der Waals surface area contributed by atoms with Gasteiger partial charge in [0.25, 0.3) is 0 Å². The van der Waals surface area contributed by atoms with E-state index in [0.717, 1.165) is 25.6 Å². The van der Waals surface area contributed by atoms with Crippen LogP contribution in [0, 0.1) is 5.92 Å². The topological polar surface area (TPSA) is 12.5 Å². The lowest BCUT2D eigenvalue weighted by atomic mass is 10.2. The quantitative estimate of drug-likeness (QED) is 0.759. The van der Waals surface area contributed by atoms with E-state index in [4.69, 9.17) is 4.74 Å². The molecule has 0 bridgehead atoms. The summed E-state index contributed by atoms with van der Waals surface area (Å²) in [4.78, 5) is 3.98. The Kier molecular flexibility index (Phi) is 5.03. The van der Waals surface area contributed by atoms with Crippen LogP contribution in [0.2, 0.25) is 0 Å². The molecule has 1 aliphatic carbocycles. The number of thiophene rings is 1. The fourth-order valence-corrected chi connectivity index (χ4v) is 3.64. The van der Waals surface area contributed by atoms with Gasteiger partial charge in [0, 0.05) is 35.6 Å². The molecule has 17 heavy (non-hydrogen) atoms. The van der Waals surface area contributed by atoms with E-state index in [0.29, 0.717) is 6.04 Å². The van der Waals surface area contributed by atoms with Gasteiger partial charge in [-0.15, -0.1) is 11.3 Å². The smallest absolute Gasteiger partial charge is 0.0589 e. The van der Waals surface area contributed by atoms with Crippen LogP contribution in [0.4, 0.5) is 0 Å². The molecule has 1 unspecified atom stereocenters.